The summed E-state index contributed by atoms with van der Waals surface area (Å²) >= 11 is 0. The van der Waals surface area contributed by atoms with Crippen molar-refractivity contribution in [1.29, 1.82) is 0 Å². The average Bonchev–Trinajstić information content (AvgIpc) is 2.84. The molecule has 1 N–H and O–H groups in total. The van der Waals surface area contributed by atoms with Gasteiger partial charge in [0.1, 0.15) is 5.60 Å². The van der Waals surface area contributed by atoms with Crippen molar-refractivity contribution in [2.45, 2.75) is 78.4 Å². The van der Waals surface area contributed by atoms with Crippen LogP contribution in [-0.2, 0) is 11.2 Å². The fourth-order valence-electron chi connectivity index (χ4n) is 3.40. The fraction of sp³-hybridized carbons (Fsp3) is 0.778. The molecule has 1 fully saturated rings. The van der Waals surface area contributed by atoms with E-state index in [0.717, 1.165) is 6.42 Å². The second kappa shape index (κ2) is 6.93. The van der Waals surface area contributed by atoms with Crippen molar-refractivity contribution < 1.29 is 9.53 Å². The highest BCUT2D eigenvalue weighted by Crippen LogP contribution is 2.44. The maximum absolute atomic E-state index is 11.7. The topological polar surface area (TPSA) is 56.1 Å². The van der Waals surface area contributed by atoms with Crippen molar-refractivity contribution >= 4 is 6.09 Å². The Balaban J connectivity index is 1.93. The minimum atomic E-state index is -0.460. The summed E-state index contributed by atoms with van der Waals surface area (Å²) in [5.74, 6) is 0. The molecule has 0 radical (unpaired) electrons. The molecule has 1 aromatic heterocycles. The summed E-state index contributed by atoms with van der Waals surface area (Å²) in [5.41, 5.74) is 1.02. The quantitative estimate of drug-likeness (QED) is 0.908. The summed E-state index contributed by atoms with van der Waals surface area (Å²) in [7, 11) is 0. The van der Waals surface area contributed by atoms with Crippen molar-refractivity contribution in [2.24, 2.45) is 5.41 Å². The number of amides is 1. The SMILES string of the molecule is CC(C)(C)OC(=O)NCCc1cncn1C1CCCCC1(C)C. The van der Waals surface area contributed by atoms with Crippen LogP contribution < -0.4 is 5.32 Å². The van der Waals surface area contributed by atoms with Gasteiger partial charge < -0.3 is 14.6 Å². The largest absolute Gasteiger partial charge is 0.444 e. The smallest absolute Gasteiger partial charge is 0.407 e. The molecule has 0 saturated heterocycles. The number of ether oxygens (including phenoxy) is 1. The molecule has 1 aliphatic carbocycles. The normalized spacial score (nSPS) is 21.0. The predicted octanol–water partition coefficient (Wildman–Crippen LogP) is 4.09. The van der Waals surface area contributed by atoms with E-state index in [1.807, 2.05) is 33.3 Å². The van der Waals surface area contributed by atoms with Gasteiger partial charge in [0, 0.05) is 30.9 Å². The highest BCUT2D eigenvalue weighted by molar-refractivity contribution is 5.67. The van der Waals surface area contributed by atoms with Gasteiger partial charge in [-0.2, -0.15) is 0 Å². The first kappa shape index (κ1) is 17.8. The summed E-state index contributed by atoms with van der Waals surface area (Å²) in [5, 5.41) is 2.83. The Morgan fingerprint density at radius 3 is 2.83 bits per heavy atom. The molecule has 1 amide bonds. The minimum absolute atomic E-state index is 0.298. The van der Waals surface area contributed by atoms with Crippen molar-refractivity contribution in [1.82, 2.24) is 14.9 Å². The van der Waals surface area contributed by atoms with E-state index in [4.69, 9.17) is 4.74 Å². The molecule has 1 unspecified atom stereocenters. The van der Waals surface area contributed by atoms with Crippen LogP contribution in [0, 0.1) is 5.41 Å². The lowest BCUT2D eigenvalue weighted by Crippen LogP contribution is -2.34. The molecule has 0 aromatic carbocycles. The number of carbonyl (C=O) groups excluding carboxylic acids is 1. The van der Waals surface area contributed by atoms with Gasteiger partial charge in [0.05, 0.1) is 6.33 Å². The minimum Gasteiger partial charge on any atom is -0.444 e. The van der Waals surface area contributed by atoms with Crippen molar-refractivity contribution in [2.75, 3.05) is 6.54 Å². The molecular formula is C18H31N3O2. The van der Waals surface area contributed by atoms with Crippen LogP contribution in [0.15, 0.2) is 12.5 Å². The van der Waals surface area contributed by atoms with Gasteiger partial charge in [-0.25, -0.2) is 9.78 Å². The lowest BCUT2D eigenvalue weighted by atomic mass is 9.73. The van der Waals surface area contributed by atoms with E-state index in [1.165, 1.54) is 31.4 Å². The molecule has 0 spiro atoms. The van der Waals surface area contributed by atoms with Gasteiger partial charge in [-0.05, 0) is 39.0 Å². The van der Waals surface area contributed by atoms with Gasteiger partial charge in [0.25, 0.3) is 0 Å². The molecule has 1 atom stereocenters. The Morgan fingerprint density at radius 1 is 1.43 bits per heavy atom. The number of carbonyl (C=O) groups is 1. The first-order chi connectivity index (χ1) is 10.7. The zero-order chi connectivity index (χ0) is 17.1. The van der Waals surface area contributed by atoms with Crippen LogP contribution in [0.4, 0.5) is 4.79 Å². The Bertz CT molecular complexity index is 529. The third-order valence-electron chi connectivity index (χ3n) is 4.58. The molecule has 1 saturated carbocycles. The molecular weight excluding hydrogens is 290 g/mol. The maximum atomic E-state index is 11.7. The monoisotopic (exact) mass is 321 g/mol. The first-order valence-electron chi connectivity index (χ1n) is 8.67. The highest BCUT2D eigenvalue weighted by atomic mass is 16.6. The van der Waals surface area contributed by atoms with Gasteiger partial charge in [-0.1, -0.05) is 26.7 Å². The molecule has 5 nitrogen and oxygen atoms in total. The number of hydrogen-bond acceptors (Lipinski definition) is 3. The van der Waals surface area contributed by atoms with Crippen LogP contribution in [0.2, 0.25) is 0 Å². The third kappa shape index (κ3) is 4.98. The number of imidazole rings is 1. The van der Waals surface area contributed by atoms with Crippen LogP contribution in [0.3, 0.4) is 0 Å². The maximum Gasteiger partial charge on any atom is 0.407 e. The molecule has 2 rings (SSSR count). The lowest BCUT2D eigenvalue weighted by Gasteiger charge is -2.40. The van der Waals surface area contributed by atoms with E-state index in [0.29, 0.717) is 18.0 Å². The van der Waals surface area contributed by atoms with E-state index >= 15 is 0 Å². The number of hydrogen-bond donors (Lipinski definition) is 1. The van der Waals surface area contributed by atoms with E-state index in [9.17, 15) is 4.79 Å². The summed E-state index contributed by atoms with van der Waals surface area (Å²) in [6.45, 7) is 10.9. The Labute approximate surface area is 139 Å². The van der Waals surface area contributed by atoms with Gasteiger partial charge in [-0.15, -0.1) is 0 Å². The van der Waals surface area contributed by atoms with E-state index in [1.54, 1.807) is 0 Å². The zero-order valence-corrected chi connectivity index (χ0v) is 15.2. The first-order valence-corrected chi connectivity index (χ1v) is 8.67. The molecule has 1 aliphatic rings. The van der Waals surface area contributed by atoms with Gasteiger partial charge in [0.2, 0.25) is 0 Å². The Hall–Kier alpha value is -1.52. The predicted molar refractivity (Wildman–Crippen MR) is 91.5 cm³/mol. The summed E-state index contributed by atoms with van der Waals surface area (Å²) in [6.07, 6.45) is 9.33. The standard InChI is InChI=1S/C18H31N3O2/c1-17(2,3)23-16(22)20-11-9-14-12-19-13-21(14)15-8-6-7-10-18(15,4)5/h12-13,15H,6-11H2,1-5H3,(H,20,22). The van der Waals surface area contributed by atoms with Crippen LogP contribution >= 0.6 is 0 Å². The molecule has 130 valence electrons. The number of rotatable bonds is 4. The zero-order valence-electron chi connectivity index (χ0n) is 15.2. The second-order valence-corrected chi connectivity index (χ2v) is 8.22. The average molecular weight is 321 g/mol. The second-order valence-electron chi connectivity index (χ2n) is 8.22. The Morgan fingerprint density at radius 2 is 2.17 bits per heavy atom. The van der Waals surface area contributed by atoms with Crippen molar-refractivity contribution in [3.63, 3.8) is 0 Å². The summed E-state index contributed by atoms with van der Waals surface area (Å²) in [4.78, 5) is 16.1. The Kier molecular flexibility index (Phi) is 5.37. The molecule has 0 aliphatic heterocycles. The third-order valence-corrected chi connectivity index (χ3v) is 4.58. The molecule has 23 heavy (non-hydrogen) atoms. The van der Waals surface area contributed by atoms with Crippen molar-refractivity contribution in [3.05, 3.63) is 18.2 Å². The van der Waals surface area contributed by atoms with Crippen LogP contribution in [0.1, 0.15) is 72.0 Å². The fourth-order valence-corrected chi connectivity index (χ4v) is 3.40. The van der Waals surface area contributed by atoms with E-state index in [-0.39, 0.29) is 6.09 Å². The van der Waals surface area contributed by atoms with E-state index in [2.05, 4.69) is 28.7 Å². The lowest BCUT2D eigenvalue weighted by molar-refractivity contribution is 0.0528. The van der Waals surface area contributed by atoms with Crippen LogP contribution in [0.5, 0.6) is 0 Å². The number of nitrogens with zero attached hydrogens (tertiary/aromatic N) is 2. The van der Waals surface area contributed by atoms with Gasteiger partial charge >= 0.3 is 6.09 Å². The summed E-state index contributed by atoms with van der Waals surface area (Å²) in [6, 6.07) is 0.496. The highest BCUT2D eigenvalue weighted by Gasteiger charge is 2.34. The molecule has 5 heteroatoms. The van der Waals surface area contributed by atoms with Gasteiger partial charge in [0.15, 0.2) is 0 Å². The van der Waals surface area contributed by atoms with Gasteiger partial charge in [-0.3, -0.25) is 0 Å². The van der Waals surface area contributed by atoms with E-state index < -0.39 is 5.60 Å². The number of alkyl carbamates (subject to hydrolysis) is 1. The molecule has 0 bridgehead atoms. The summed E-state index contributed by atoms with van der Waals surface area (Å²) < 4.78 is 7.58. The number of aromatic nitrogens is 2. The number of nitrogens with one attached hydrogen (secondary N) is 1. The molecule has 1 heterocycles. The van der Waals surface area contributed by atoms with Crippen LogP contribution in [0.25, 0.3) is 0 Å². The molecule has 1 aromatic rings. The van der Waals surface area contributed by atoms with Crippen LogP contribution in [-0.4, -0.2) is 27.8 Å². The van der Waals surface area contributed by atoms with Crippen molar-refractivity contribution in [3.8, 4) is 0 Å².